The fraction of sp³-hybridized carbons (Fsp3) is 0.294. The van der Waals surface area contributed by atoms with Crippen molar-refractivity contribution in [1.29, 1.82) is 0 Å². The first kappa shape index (κ1) is 15.3. The normalized spacial score (nSPS) is 19.8. The van der Waals surface area contributed by atoms with Gasteiger partial charge in [-0.2, -0.15) is 5.10 Å². The monoisotopic (exact) mass is 349 g/mol. The van der Waals surface area contributed by atoms with Crippen molar-refractivity contribution in [3.63, 3.8) is 0 Å². The number of hydrogen-bond acceptors (Lipinski definition) is 3. The van der Waals surface area contributed by atoms with E-state index in [9.17, 15) is 8.78 Å². The highest BCUT2D eigenvalue weighted by Crippen LogP contribution is 2.55. The Morgan fingerprint density at radius 3 is 2.79 bits per heavy atom. The van der Waals surface area contributed by atoms with Crippen LogP contribution in [0.2, 0.25) is 5.15 Å². The van der Waals surface area contributed by atoms with Crippen LogP contribution in [0.25, 0.3) is 5.65 Å². The van der Waals surface area contributed by atoms with Crippen LogP contribution in [0.1, 0.15) is 29.4 Å². The first-order valence-electron chi connectivity index (χ1n) is 7.62. The number of hydrogen-bond donors (Lipinski definition) is 0. The van der Waals surface area contributed by atoms with E-state index in [2.05, 4.69) is 10.1 Å². The lowest BCUT2D eigenvalue weighted by Crippen LogP contribution is -2.06. The van der Waals surface area contributed by atoms with Gasteiger partial charge in [0.25, 0.3) is 6.43 Å². The number of alkyl halides is 2. The summed E-state index contributed by atoms with van der Waals surface area (Å²) in [5.41, 5.74) is 3.06. The van der Waals surface area contributed by atoms with E-state index < -0.39 is 13.0 Å². The predicted octanol–water partition coefficient (Wildman–Crippen LogP) is 4.30. The van der Waals surface area contributed by atoms with E-state index in [0.29, 0.717) is 22.7 Å². The predicted molar refractivity (Wildman–Crippen MR) is 86.0 cm³/mol. The quantitative estimate of drug-likeness (QED) is 0.689. The SMILES string of the molecule is FC(F)COc1ccc([C@H]2C[C@@H]2c2cc(Cl)nn3ccnc23)cc1. The molecule has 0 bridgehead atoms. The van der Waals surface area contributed by atoms with Crippen molar-refractivity contribution in [3.8, 4) is 5.75 Å². The van der Waals surface area contributed by atoms with Gasteiger partial charge < -0.3 is 4.74 Å². The number of imidazole rings is 1. The van der Waals surface area contributed by atoms with Crippen LogP contribution >= 0.6 is 11.6 Å². The molecule has 0 amide bonds. The Balaban J connectivity index is 1.52. The molecule has 0 spiro atoms. The zero-order valence-electron chi connectivity index (χ0n) is 12.6. The molecule has 0 aliphatic heterocycles. The molecule has 0 unspecified atom stereocenters. The first-order valence-corrected chi connectivity index (χ1v) is 8.00. The van der Waals surface area contributed by atoms with Crippen LogP contribution in [0.3, 0.4) is 0 Å². The van der Waals surface area contributed by atoms with Gasteiger partial charge in [0.1, 0.15) is 17.5 Å². The maximum Gasteiger partial charge on any atom is 0.272 e. The van der Waals surface area contributed by atoms with E-state index in [0.717, 1.165) is 23.2 Å². The second kappa shape index (κ2) is 6.02. The summed E-state index contributed by atoms with van der Waals surface area (Å²) in [4.78, 5) is 4.35. The molecule has 4 rings (SSSR count). The highest BCUT2D eigenvalue weighted by Gasteiger charge is 2.41. The Morgan fingerprint density at radius 2 is 2.04 bits per heavy atom. The number of fused-ring (bicyclic) bond motifs is 1. The Bertz CT molecular complexity index is 866. The van der Waals surface area contributed by atoms with Crippen LogP contribution in [0.4, 0.5) is 8.78 Å². The van der Waals surface area contributed by atoms with Crippen molar-refractivity contribution in [2.75, 3.05) is 6.61 Å². The molecule has 2 atom stereocenters. The van der Waals surface area contributed by atoms with Gasteiger partial charge in [0.05, 0.1) is 0 Å². The summed E-state index contributed by atoms with van der Waals surface area (Å²) in [5, 5.41) is 4.63. The van der Waals surface area contributed by atoms with E-state index >= 15 is 0 Å². The molecule has 1 aliphatic rings. The van der Waals surface area contributed by atoms with Gasteiger partial charge in [0, 0.05) is 18.0 Å². The first-order chi connectivity index (χ1) is 11.6. The molecule has 3 aromatic rings. The second-order valence-electron chi connectivity index (χ2n) is 5.84. The summed E-state index contributed by atoms with van der Waals surface area (Å²) < 4.78 is 31.0. The highest BCUT2D eigenvalue weighted by atomic mass is 35.5. The Labute approximate surface area is 142 Å². The van der Waals surface area contributed by atoms with Crippen LogP contribution in [0.15, 0.2) is 42.7 Å². The van der Waals surface area contributed by atoms with Crippen molar-refractivity contribution >= 4 is 17.2 Å². The van der Waals surface area contributed by atoms with Crippen molar-refractivity contribution in [1.82, 2.24) is 14.6 Å². The fourth-order valence-corrected chi connectivity index (χ4v) is 3.26. The minimum absolute atomic E-state index is 0.336. The van der Waals surface area contributed by atoms with E-state index in [1.807, 2.05) is 18.2 Å². The van der Waals surface area contributed by atoms with Gasteiger partial charge in [-0.3, -0.25) is 0 Å². The average Bonchev–Trinajstić information content (AvgIpc) is 3.22. The minimum atomic E-state index is -2.47. The summed E-state index contributed by atoms with van der Waals surface area (Å²) in [6.07, 6.45) is 2.01. The number of aromatic nitrogens is 3. The molecule has 0 N–H and O–H groups in total. The fourth-order valence-electron chi connectivity index (χ4n) is 3.06. The van der Waals surface area contributed by atoms with E-state index in [1.54, 1.807) is 29.0 Å². The van der Waals surface area contributed by atoms with Gasteiger partial charge in [-0.25, -0.2) is 18.3 Å². The molecule has 1 saturated carbocycles. The molecule has 1 aromatic carbocycles. The zero-order chi connectivity index (χ0) is 16.7. The molecule has 0 radical (unpaired) electrons. The summed E-state index contributed by atoms with van der Waals surface area (Å²) >= 11 is 6.09. The number of rotatable bonds is 5. The van der Waals surface area contributed by atoms with Crippen LogP contribution < -0.4 is 4.74 Å². The van der Waals surface area contributed by atoms with Crippen LogP contribution in [-0.4, -0.2) is 27.6 Å². The summed E-state index contributed by atoms with van der Waals surface area (Å²) in [5.74, 6) is 1.16. The molecular formula is C17H14ClF2N3O. The van der Waals surface area contributed by atoms with Gasteiger partial charge in [0.2, 0.25) is 0 Å². The van der Waals surface area contributed by atoms with Crippen molar-refractivity contribution < 1.29 is 13.5 Å². The summed E-state index contributed by atoms with van der Waals surface area (Å²) in [6, 6.07) is 9.19. The number of benzene rings is 1. The highest BCUT2D eigenvalue weighted by molar-refractivity contribution is 6.29. The molecular weight excluding hydrogens is 336 g/mol. The van der Waals surface area contributed by atoms with Gasteiger partial charge in [-0.05, 0) is 42.0 Å². The van der Waals surface area contributed by atoms with Gasteiger partial charge in [-0.1, -0.05) is 23.7 Å². The smallest absolute Gasteiger partial charge is 0.272 e. The third-order valence-corrected chi connectivity index (χ3v) is 4.42. The number of ether oxygens (including phenoxy) is 1. The lowest BCUT2D eigenvalue weighted by atomic mass is 10.1. The van der Waals surface area contributed by atoms with Crippen molar-refractivity contribution in [2.24, 2.45) is 0 Å². The molecule has 2 aromatic heterocycles. The average molecular weight is 350 g/mol. The maximum absolute atomic E-state index is 12.2. The van der Waals surface area contributed by atoms with Gasteiger partial charge in [0.15, 0.2) is 5.65 Å². The van der Waals surface area contributed by atoms with Crippen LogP contribution in [0, 0.1) is 0 Å². The van der Waals surface area contributed by atoms with Crippen LogP contribution in [-0.2, 0) is 0 Å². The van der Waals surface area contributed by atoms with Crippen LogP contribution in [0.5, 0.6) is 5.75 Å². The van der Waals surface area contributed by atoms with Crippen molar-refractivity contribution in [3.05, 3.63) is 59.0 Å². The van der Waals surface area contributed by atoms with E-state index in [-0.39, 0.29) is 0 Å². The summed E-state index contributed by atoms with van der Waals surface area (Å²) in [7, 11) is 0. The molecule has 24 heavy (non-hydrogen) atoms. The topological polar surface area (TPSA) is 39.4 Å². The van der Waals surface area contributed by atoms with Gasteiger partial charge in [-0.15, -0.1) is 0 Å². The molecule has 124 valence electrons. The molecule has 2 heterocycles. The lowest BCUT2D eigenvalue weighted by Gasteiger charge is -2.07. The third kappa shape index (κ3) is 2.94. The largest absolute Gasteiger partial charge is 0.488 e. The lowest BCUT2D eigenvalue weighted by molar-refractivity contribution is 0.0819. The molecule has 1 aliphatic carbocycles. The number of nitrogens with zero attached hydrogens (tertiary/aromatic N) is 3. The molecule has 1 fully saturated rings. The second-order valence-corrected chi connectivity index (χ2v) is 6.22. The molecule has 4 nitrogen and oxygen atoms in total. The van der Waals surface area contributed by atoms with E-state index in [1.165, 1.54) is 0 Å². The standard InChI is InChI=1S/C17H14ClF2N3O/c18-15-8-14(17-21-5-6-23(17)22-15)13-7-12(13)10-1-3-11(4-2-10)24-9-16(19)20/h1-6,8,12-13,16H,7,9H2/t12-,13+/m1/s1. The Kier molecular flexibility index (Phi) is 3.84. The molecule has 7 heteroatoms. The third-order valence-electron chi connectivity index (χ3n) is 4.23. The number of halogens is 3. The Morgan fingerprint density at radius 1 is 1.25 bits per heavy atom. The van der Waals surface area contributed by atoms with Gasteiger partial charge >= 0.3 is 0 Å². The zero-order valence-corrected chi connectivity index (χ0v) is 13.3. The maximum atomic E-state index is 12.2. The minimum Gasteiger partial charge on any atom is -0.488 e. The Hall–Kier alpha value is -2.21. The van der Waals surface area contributed by atoms with Crippen molar-refractivity contribution in [2.45, 2.75) is 24.7 Å². The summed E-state index contributed by atoms with van der Waals surface area (Å²) in [6.45, 7) is -0.585. The van der Waals surface area contributed by atoms with E-state index in [4.69, 9.17) is 16.3 Å². The molecule has 0 saturated heterocycles.